The molecule has 0 N–H and O–H groups in total. The Labute approximate surface area is 208 Å². The van der Waals surface area contributed by atoms with Crippen LogP contribution in [0.5, 0.6) is 5.75 Å². The van der Waals surface area contributed by atoms with Crippen LogP contribution in [0.1, 0.15) is 24.5 Å². The van der Waals surface area contributed by atoms with Crippen molar-refractivity contribution in [2.24, 2.45) is 0 Å². The molecule has 1 atom stereocenters. The summed E-state index contributed by atoms with van der Waals surface area (Å²) in [5.41, 5.74) is 2.00. The Hall–Kier alpha value is -2.72. The highest BCUT2D eigenvalue weighted by Crippen LogP contribution is 2.30. The SMILES string of the molecule is CCN(C1CCN(Cc2ccccc2)C1)S(=O)(=O)c1ccccc1S(=O)(=O)Oc1cccc(C)c1. The number of aryl methyl sites for hydroxylation is 1. The number of benzene rings is 3. The van der Waals surface area contributed by atoms with Gasteiger partial charge >= 0.3 is 10.1 Å². The third-order valence-corrected chi connectivity index (χ3v) is 9.64. The number of rotatable bonds is 9. The molecule has 4 rings (SSSR count). The molecule has 1 saturated heterocycles. The molecule has 1 unspecified atom stereocenters. The van der Waals surface area contributed by atoms with Gasteiger partial charge in [-0.25, -0.2) is 8.42 Å². The first-order valence-electron chi connectivity index (χ1n) is 11.6. The molecule has 1 aliphatic rings. The van der Waals surface area contributed by atoms with Crippen LogP contribution in [0.25, 0.3) is 0 Å². The first-order valence-corrected chi connectivity index (χ1v) is 14.4. The Bertz CT molecular complexity index is 1380. The van der Waals surface area contributed by atoms with Crippen molar-refractivity contribution in [3.8, 4) is 5.75 Å². The van der Waals surface area contributed by atoms with Gasteiger partial charge in [0.1, 0.15) is 15.5 Å². The van der Waals surface area contributed by atoms with Crippen molar-refractivity contribution in [3.63, 3.8) is 0 Å². The molecule has 1 fully saturated rings. The molecule has 0 saturated carbocycles. The van der Waals surface area contributed by atoms with Crippen LogP contribution in [-0.4, -0.2) is 51.7 Å². The molecular weight excluding hydrogens is 484 g/mol. The van der Waals surface area contributed by atoms with Crippen molar-refractivity contribution >= 4 is 20.1 Å². The van der Waals surface area contributed by atoms with Gasteiger partial charge in [0.2, 0.25) is 10.0 Å². The van der Waals surface area contributed by atoms with Crippen LogP contribution in [0, 0.1) is 6.92 Å². The van der Waals surface area contributed by atoms with Gasteiger partial charge in [-0.1, -0.05) is 61.5 Å². The monoisotopic (exact) mass is 514 g/mol. The van der Waals surface area contributed by atoms with E-state index < -0.39 is 20.1 Å². The highest BCUT2D eigenvalue weighted by molar-refractivity contribution is 7.91. The molecule has 0 radical (unpaired) electrons. The Morgan fingerprint density at radius 3 is 2.29 bits per heavy atom. The molecule has 3 aromatic rings. The topological polar surface area (TPSA) is 84.0 Å². The summed E-state index contributed by atoms with van der Waals surface area (Å²) in [5, 5.41) is 0. The summed E-state index contributed by atoms with van der Waals surface area (Å²) in [6.07, 6.45) is 0.675. The lowest BCUT2D eigenvalue weighted by Crippen LogP contribution is -2.42. The van der Waals surface area contributed by atoms with Gasteiger partial charge in [-0.2, -0.15) is 12.7 Å². The van der Waals surface area contributed by atoms with E-state index >= 15 is 0 Å². The van der Waals surface area contributed by atoms with Gasteiger partial charge in [-0.15, -0.1) is 0 Å². The van der Waals surface area contributed by atoms with E-state index in [9.17, 15) is 16.8 Å². The molecule has 9 heteroatoms. The molecule has 35 heavy (non-hydrogen) atoms. The molecule has 1 aliphatic heterocycles. The molecule has 186 valence electrons. The smallest absolute Gasteiger partial charge is 0.340 e. The van der Waals surface area contributed by atoms with Crippen LogP contribution in [0.15, 0.2) is 88.7 Å². The Kier molecular flexibility index (Phi) is 7.61. The van der Waals surface area contributed by atoms with E-state index in [1.54, 1.807) is 19.1 Å². The van der Waals surface area contributed by atoms with E-state index in [2.05, 4.69) is 17.0 Å². The normalized spacial score (nSPS) is 17.1. The lowest BCUT2D eigenvalue weighted by atomic mass is 10.2. The summed E-state index contributed by atoms with van der Waals surface area (Å²) < 4.78 is 60.6. The number of nitrogens with zero attached hydrogens (tertiary/aromatic N) is 2. The van der Waals surface area contributed by atoms with Crippen molar-refractivity contribution in [2.45, 2.75) is 42.6 Å². The number of likely N-dealkylation sites (N-methyl/N-ethyl adjacent to an activating group) is 1. The van der Waals surface area contributed by atoms with Gasteiger partial charge in [0.25, 0.3) is 0 Å². The van der Waals surface area contributed by atoms with E-state index in [0.29, 0.717) is 13.0 Å². The van der Waals surface area contributed by atoms with Crippen molar-refractivity contribution in [1.29, 1.82) is 0 Å². The third kappa shape index (κ3) is 5.75. The molecule has 0 aliphatic carbocycles. The second kappa shape index (κ2) is 10.5. The van der Waals surface area contributed by atoms with Crippen LogP contribution in [0.4, 0.5) is 0 Å². The molecule has 7 nitrogen and oxygen atoms in total. The van der Waals surface area contributed by atoms with Crippen LogP contribution < -0.4 is 4.18 Å². The van der Waals surface area contributed by atoms with E-state index in [1.807, 2.05) is 31.2 Å². The summed E-state index contributed by atoms with van der Waals surface area (Å²) in [5.74, 6) is 0.136. The van der Waals surface area contributed by atoms with E-state index in [-0.39, 0.29) is 28.1 Å². The largest absolute Gasteiger partial charge is 0.379 e. The highest BCUT2D eigenvalue weighted by Gasteiger charge is 2.38. The first kappa shape index (κ1) is 25.4. The molecule has 0 bridgehead atoms. The van der Waals surface area contributed by atoms with Crippen molar-refractivity contribution < 1.29 is 21.0 Å². The fourth-order valence-electron chi connectivity index (χ4n) is 4.49. The molecular formula is C26H30N2O5S2. The fourth-order valence-corrected chi connectivity index (χ4v) is 7.85. The number of sulfonamides is 1. The number of hydrogen-bond acceptors (Lipinski definition) is 6. The average molecular weight is 515 g/mol. The van der Waals surface area contributed by atoms with E-state index in [1.165, 1.54) is 40.2 Å². The maximum absolute atomic E-state index is 13.8. The highest BCUT2D eigenvalue weighted by atomic mass is 32.2. The van der Waals surface area contributed by atoms with Crippen LogP contribution in [0.2, 0.25) is 0 Å². The van der Waals surface area contributed by atoms with Crippen LogP contribution in [0.3, 0.4) is 0 Å². The quantitative estimate of drug-likeness (QED) is 0.401. The maximum Gasteiger partial charge on any atom is 0.340 e. The standard InChI is InChI=1S/C26H30N2O5S2/c1-3-28(23-16-17-27(20-23)19-22-11-5-4-6-12-22)34(29,30)25-14-7-8-15-26(25)35(31,32)33-24-13-9-10-21(2)18-24/h4-15,18,23H,3,16-17,19-20H2,1-2H3. The summed E-state index contributed by atoms with van der Waals surface area (Å²) in [6, 6.07) is 22.1. The fraction of sp³-hybridized carbons (Fsp3) is 0.308. The summed E-state index contributed by atoms with van der Waals surface area (Å²) in [4.78, 5) is 1.59. The Morgan fingerprint density at radius 2 is 1.60 bits per heavy atom. The minimum atomic E-state index is -4.38. The summed E-state index contributed by atoms with van der Waals surface area (Å²) in [7, 11) is -8.47. The maximum atomic E-state index is 13.8. The van der Waals surface area contributed by atoms with Gasteiger partial charge in [-0.3, -0.25) is 4.90 Å². The molecule has 3 aromatic carbocycles. The summed E-state index contributed by atoms with van der Waals surface area (Å²) in [6.45, 7) is 5.92. The van der Waals surface area contributed by atoms with Crippen molar-refractivity contribution in [3.05, 3.63) is 90.0 Å². The predicted octanol–water partition coefficient (Wildman–Crippen LogP) is 4.05. The van der Waals surface area contributed by atoms with Gasteiger partial charge in [0.15, 0.2) is 0 Å². The minimum absolute atomic E-state index is 0.136. The van der Waals surface area contributed by atoms with Gasteiger partial charge in [-0.05, 0) is 48.7 Å². The molecule has 1 heterocycles. The Morgan fingerprint density at radius 1 is 0.914 bits per heavy atom. The van der Waals surface area contributed by atoms with Crippen LogP contribution >= 0.6 is 0 Å². The predicted molar refractivity (Wildman–Crippen MR) is 135 cm³/mol. The van der Waals surface area contributed by atoms with Crippen molar-refractivity contribution in [1.82, 2.24) is 9.21 Å². The van der Waals surface area contributed by atoms with Crippen molar-refractivity contribution in [2.75, 3.05) is 19.6 Å². The molecule has 0 aromatic heterocycles. The minimum Gasteiger partial charge on any atom is -0.379 e. The lowest BCUT2D eigenvalue weighted by molar-refractivity contribution is 0.285. The zero-order valence-corrected chi connectivity index (χ0v) is 21.5. The van der Waals surface area contributed by atoms with E-state index in [4.69, 9.17) is 4.18 Å². The van der Waals surface area contributed by atoms with Gasteiger partial charge in [0, 0.05) is 32.2 Å². The first-order chi connectivity index (χ1) is 16.7. The Balaban J connectivity index is 1.59. The van der Waals surface area contributed by atoms with Gasteiger partial charge in [0.05, 0.1) is 0 Å². The lowest BCUT2D eigenvalue weighted by Gasteiger charge is -2.28. The molecule has 0 amide bonds. The summed E-state index contributed by atoms with van der Waals surface area (Å²) >= 11 is 0. The zero-order chi connectivity index (χ0) is 25.1. The van der Waals surface area contributed by atoms with Crippen LogP contribution in [-0.2, 0) is 26.7 Å². The second-order valence-electron chi connectivity index (χ2n) is 8.67. The number of likely N-dealkylation sites (tertiary alicyclic amines) is 1. The second-order valence-corrected chi connectivity index (χ2v) is 12.0. The third-order valence-electron chi connectivity index (χ3n) is 6.12. The zero-order valence-electron chi connectivity index (χ0n) is 19.9. The number of hydrogen-bond donors (Lipinski definition) is 0. The van der Waals surface area contributed by atoms with E-state index in [0.717, 1.165) is 18.7 Å². The van der Waals surface area contributed by atoms with Gasteiger partial charge < -0.3 is 4.18 Å². The average Bonchev–Trinajstić information content (AvgIpc) is 3.27. The molecule has 0 spiro atoms.